The maximum absolute atomic E-state index is 11.3. The Kier molecular flexibility index (Phi) is 6.02. The molecule has 0 unspecified atom stereocenters. The summed E-state index contributed by atoms with van der Waals surface area (Å²) in [6.07, 6.45) is 5.69. The number of fused-ring (bicyclic) bond motifs is 1. The van der Waals surface area contributed by atoms with Crippen LogP contribution in [0.5, 0.6) is 5.75 Å². The third-order valence-electron chi connectivity index (χ3n) is 4.95. The molecule has 4 rings (SSSR count). The Morgan fingerprint density at radius 2 is 1.59 bits per heavy atom. The quantitative estimate of drug-likeness (QED) is 0.646. The van der Waals surface area contributed by atoms with Gasteiger partial charge in [-0.05, 0) is 43.0 Å². The van der Waals surface area contributed by atoms with Gasteiger partial charge in [0.25, 0.3) is 0 Å². The van der Waals surface area contributed by atoms with E-state index in [0.717, 1.165) is 24.3 Å². The van der Waals surface area contributed by atoms with Crippen molar-refractivity contribution in [1.29, 1.82) is 0 Å². The van der Waals surface area contributed by atoms with Gasteiger partial charge in [-0.15, -0.1) is 0 Å². The molecule has 0 radical (unpaired) electrons. The highest BCUT2D eigenvalue weighted by Gasteiger charge is 2.19. The molecular formula is C24H26NO2+. The average Bonchev–Trinajstić information content (AvgIpc) is 3.04. The van der Waals surface area contributed by atoms with E-state index in [1.807, 2.05) is 36.7 Å². The van der Waals surface area contributed by atoms with Gasteiger partial charge in [0.1, 0.15) is 5.75 Å². The number of carbonyl (C=O) groups excluding carboxylic acids is 1. The zero-order chi connectivity index (χ0) is 19.2. The predicted octanol–water partition coefficient (Wildman–Crippen LogP) is 4.46. The Bertz CT molecular complexity index is 915. The molecular weight excluding hydrogens is 334 g/mol. The first kappa shape index (κ1) is 18.8. The minimum atomic E-state index is 0.313. The topological polar surface area (TPSA) is 30.2 Å². The zero-order valence-corrected chi connectivity index (χ0v) is 16.2. The number of rotatable bonds is 3. The number of aromatic nitrogens is 1. The fourth-order valence-electron chi connectivity index (χ4n) is 3.20. The monoisotopic (exact) mass is 360 g/mol. The van der Waals surface area contributed by atoms with Crippen LogP contribution in [0, 0.1) is 13.8 Å². The number of nitrogens with zero attached hydrogens (tertiary/aromatic N) is 1. The fraction of sp³-hybridized carbons (Fsp3) is 0.250. The van der Waals surface area contributed by atoms with E-state index in [1.54, 1.807) is 7.11 Å². The maximum Gasteiger partial charge on any atom is 0.173 e. The lowest BCUT2D eigenvalue weighted by molar-refractivity contribution is -0.688. The maximum atomic E-state index is 11.3. The molecule has 0 spiro atoms. The summed E-state index contributed by atoms with van der Waals surface area (Å²) in [7, 11) is 1.68. The smallest absolute Gasteiger partial charge is 0.173 e. The third-order valence-corrected chi connectivity index (χ3v) is 4.95. The van der Waals surface area contributed by atoms with Crippen LogP contribution in [0.4, 0.5) is 0 Å². The minimum absolute atomic E-state index is 0.313. The van der Waals surface area contributed by atoms with Gasteiger partial charge in [-0.3, -0.25) is 4.79 Å². The second-order valence-electron chi connectivity index (χ2n) is 6.91. The molecule has 0 N–H and O–H groups in total. The predicted molar refractivity (Wildman–Crippen MR) is 107 cm³/mol. The Morgan fingerprint density at radius 1 is 0.926 bits per heavy atom. The van der Waals surface area contributed by atoms with E-state index in [9.17, 15) is 4.79 Å². The molecule has 0 amide bonds. The van der Waals surface area contributed by atoms with E-state index in [4.69, 9.17) is 4.74 Å². The van der Waals surface area contributed by atoms with Crippen molar-refractivity contribution in [3.8, 4) is 5.75 Å². The van der Waals surface area contributed by atoms with E-state index >= 15 is 0 Å². The summed E-state index contributed by atoms with van der Waals surface area (Å²) in [5.41, 5.74) is 6.02. The number of carbonyl (C=O) groups is 1. The summed E-state index contributed by atoms with van der Waals surface area (Å²) in [5, 5.41) is 0. The first-order valence-electron chi connectivity index (χ1n) is 9.27. The second-order valence-corrected chi connectivity index (χ2v) is 6.91. The number of ketones is 1. The van der Waals surface area contributed by atoms with Gasteiger partial charge in [-0.1, -0.05) is 36.4 Å². The van der Waals surface area contributed by atoms with Crippen molar-refractivity contribution in [3.63, 3.8) is 0 Å². The van der Waals surface area contributed by atoms with E-state index in [-0.39, 0.29) is 0 Å². The Hall–Kier alpha value is -2.94. The molecule has 0 aliphatic heterocycles. The highest BCUT2D eigenvalue weighted by molar-refractivity contribution is 6.00. The van der Waals surface area contributed by atoms with Gasteiger partial charge in [0.05, 0.1) is 7.11 Å². The van der Waals surface area contributed by atoms with Crippen molar-refractivity contribution in [2.45, 2.75) is 33.2 Å². The molecule has 3 aromatic rings. The molecule has 0 saturated heterocycles. The van der Waals surface area contributed by atoms with Crippen LogP contribution in [0.25, 0.3) is 0 Å². The summed E-state index contributed by atoms with van der Waals surface area (Å²) >= 11 is 0. The highest BCUT2D eigenvalue weighted by atomic mass is 16.5. The molecule has 138 valence electrons. The van der Waals surface area contributed by atoms with Gasteiger partial charge in [-0.25, -0.2) is 4.57 Å². The second kappa shape index (κ2) is 8.63. The van der Waals surface area contributed by atoms with Crippen LogP contribution in [0.1, 0.15) is 39.0 Å². The number of ether oxygens (including phenoxy) is 1. The van der Waals surface area contributed by atoms with Gasteiger partial charge in [0.2, 0.25) is 0 Å². The number of hydrogen-bond donors (Lipinski definition) is 0. The first-order chi connectivity index (χ1) is 13.1. The van der Waals surface area contributed by atoms with Crippen LogP contribution in [0.15, 0.2) is 67.0 Å². The van der Waals surface area contributed by atoms with Crippen molar-refractivity contribution in [3.05, 3.63) is 94.8 Å². The number of aryl methyl sites for hydroxylation is 3. The van der Waals surface area contributed by atoms with E-state index in [0.29, 0.717) is 12.2 Å². The molecule has 1 heterocycles. The number of hydrogen-bond acceptors (Lipinski definition) is 2. The normalized spacial score (nSPS) is 12.2. The van der Waals surface area contributed by atoms with Gasteiger partial charge < -0.3 is 4.74 Å². The molecule has 1 aliphatic rings. The van der Waals surface area contributed by atoms with Crippen molar-refractivity contribution in [1.82, 2.24) is 0 Å². The Morgan fingerprint density at radius 3 is 2.26 bits per heavy atom. The van der Waals surface area contributed by atoms with Crippen molar-refractivity contribution in [2.24, 2.45) is 0 Å². The van der Waals surface area contributed by atoms with E-state index in [1.165, 1.54) is 22.3 Å². The van der Waals surface area contributed by atoms with Crippen molar-refractivity contribution >= 4 is 5.78 Å². The zero-order valence-electron chi connectivity index (χ0n) is 16.2. The molecule has 27 heavy (non-hydrogen) atoms. The largest absolute Gasteiger partial charge is 0.496 e. The number of methoxy groups -OCH3 is 1. The van der Waals surface area contributed by atoms with Crippen LogP contribution < -0.4 is 9.30 Å². The lowest BCUT2D eigenvalue weighted by Gasteiger charge is -2.03. The summed E-state index contributed by atoms with van der Waals surface area (Å²) < 4.78 is 7.23. The van der Waals surface area contributed by atoms with Crippen LogP contribution in [-0.2, 0) is 13.0 Å². The highest BCUT2D eigenvalue weighted by Crippen LogP contribution is 2.24. The SMILES string of the molecule is COc1cc[n+](Cc2ccccc2)cc1.Cc1cc2c(cc1C)C(=O)CC2. The molecule has 3 nitrogen and oxygen atoms in total. The minimum Gasteiger partial charge on any atom is -0.496 e. The van der Waals surface area contributed by atoms with Crippen molar-refractivity contribution < 1.29 is 14.1 Å². The van der Waals surface area contributed by atoms with Gasteiger partial charge in [-0.2, -0.15) is 0 Å². The molecule has 0 atom stereocenters. The van der Waals surface area contributed by atoms with Gasteiger partial charge >= 0.3 is 0 Å². The molecule has 0 bridgehead atoms. The standard InChI is InChI=1S/C13H14NO.C11H12O/c1-15-13-7-9-14(10-8-13)11-12-5-3-2-4-6-12;1-7-5-9-3-4-11(12)10(9)6-8(7)2/h2-10H,11H2,1H3;5-6H,3-4H2,1-2H3/q+1;. The van der Waals surface area contributed by atoms with Crippen LogP contribution >= 0.6 is 0 Å². The molecule has 1 aromatic heterocycles. The van der Waals surface area contributed by atoms with Gasteiger partial charge in [0, 0.05) is 29.7 Å². The van der Waals surface area contributed by atoms with Crippen molar-refractivity contribution in [2.75, 3.05) is 7.11 Å². The lowest BCUT2D eigenvalue weighted by atomic mass is 10.0. The molecule has 1 aliphatic carbocycles. The van der Waals surface area contributed by atoms with Crippen LogP contribution in [0.2, 0.25) is 0 Å². The number of pyridine rings is 1. The third kappa shape index (κ3) is 4.82. The fourth-order valence-corrected chi connectivity index (χ4v) is 3.20. The Balaban J connectivity index is 0.000000159. The molecule has 2 aromatic carbocycles. The summed E-state index contributed by atoms with van der Waals surface area (Å²) in [5.74, 6) is 1.20. The lowest BCUT2D eigenvalue weighted by Crippen LogP contribution is -2.32. The van der Waals surface area contributed by atoms with E-state index in [2.05, 4.69) is 48.7 Å². The van der Waals surface area contributed by atoms with Crippen LogP contribution in [0.3, 0.4) is 0 Å². The number of Topliss-reactive ketones (excluding diaryl/α,β-unsaturated/α-hetero) is 1. The average molecular weight is 360 g/mol. The van der Waals surface area contributed by atoms with Gasteiger partial charge in [0.15, 0.2) is 24.7 Å². The molecule has 3 heteroatoms. The van der Waals surface area contributed by atoms with Crippen LogP contribution in [-0.4, -0.2) is 12.9 Å². The summed E-state index contributed by atoms with van der Waals surface area (Å²) in [4.78, 5) is 11.3. The molecule has 0 fully saturated rings. The Labute approximate surface area is 161 Å². The molecule has 0 saturated carbocycles. The van der Waals surface area contributed by atoms with E-state index < -0.39 is 0 Å². The summed E-state index contributed by atoms with van der Waals surface area (Å²) in [6, 6.07) is 18.5. The number of benzene rings is 2. The summed E-state index contributed by atoms with van der Waals surface area (Å²) in [6.45, 7) is 5.05. The first-order valence-corrected chi connectivity index (χ1v) is 9.27.